The van der Waals surface area contributed by atoms with E-state index in [1.165, 1.54) is 16.7 Å². The highest BCUT2D eigenvalue weighted by molar-refractivity contribution is 9.10. The molecule has 0 atom stereocenters. The van der Waals surface area contributed by atoms with E-state index < -0.39 is 5.97 Å². The summed E-state index contributed by atoms with van der Waals surface area (Å²) in [5.74, 6) is -0.595. The molecule has 0 aliphatic heterocycles. The quantitative estimate of drug-likeness (QED) is 0.473. The topological polar surface area (TPSA) is 72.2 Å². The van der Waals surface area contributed by atoms with Gasteiger partial charge in [0.05, 0.1) is 17.5 Å². The average Bonchev–Trinajstić information content (AvgIpc) is 3.11. The van der Waals surface area contributed by atoms with Crippen molar-refractivity contribution in [2.75, 3.05) is 0 Å². The summed E-state index contributed by atoms with van der Waals surface area (Å²) in [7, 11) is 0. The van der Waals surface area contributed by atoms with E-state index in [2.05, 4.69) is 20.9 Å². The lowest BCUT2D eigenvalue weighted by Crippen LogP contribution is -2.24. The molecular formula is C21H15BrN2O3S. The van der Waals surface area contributed by atoms with E-state index in [-0.39, 0.29) is 16.5 Å². The van der Waals surface area contributed by atoms with Crippen LogP contribution in [0.1, 0.15) is 21.5 Å². The summed E-state index contributed by atoms with van der Waals surface area (Å²) >= 11 is 4.59. The van der Waals surface area contributed by atoms with Gasteiger partial charge >= 0.3 is 5.97 Å². The Morgan fingerprint density at radius 1 is 1.14 bits per heavy atom. The summed E-state index contributed by atoms with van der Waals surface area (Å²) in [6, 6.07) is 15.4. The van der Waals surface area contributed by atoms with Crippen molar-refractivity contribution in [1.29, 1.82) is 0 Å². The maximum atomic E-state index is 13.3. The highest BCUT2D eigenvalue weighted by Gasteiger charge is 2.20. The molecule has 0 aliphatic carbocycles. The molecule has 2 aromatic carbocycles. The second-order valence-electron chi connectivity index (χ2n) is 6.45. The van der Waals surface area contributed by atoms with Gasteiger partial charge in [0.2, 0.25) is 0 Å². The zero-order valence-corrected chi connectivity index (χ0v) is 17.3. The van der Waals surface area contributed by atoms with Gasteiger partial charge in [0.15, 0.2) is 0 Å². The molecule has 4 rings (SSSR count). The Morgan fingerprint density at radius 3 is 2.46 bits per heavy atom. The minimum absolute atomic E-state index is 0.00230. The van der Waals surface area contributed by atoms with Gasteiger partial charge in [-0.15, -0.1) is 11.3 Å². The van der Waals surface area contributed by atoms with Crippen molar-refractivity contribution in [3.05, 3.63) is 85.4 Å². The maximum Gasteiger partial charge on any atom is 0.337 e. The van der Waals surface area contributed by atoms with E-state index in [0.717, 1.165) is 21.2 Å². The number of aromatic carboxylic acids is 1. The van der Waals surface area contributed by atoms with Crippen LogP contribution in [0.3, 0.4) is 0 Å². The molecule has 0 unspecified atom stereocenters. The number of carboxylic acids is 1. The van der Waals surface area contributed by atoms with Crippen molar-refractivity contribution in [2.24, 2.45) is 0 Å². The Morgan fingerprint density at radius 2 is 1.82 bits per heavy atom. The minimum Gasteiger partial charge on any atom is -0.478 e. The van der Waals surface area contributed by atoms with Crippen LogP contribution in [-0.2, 0) is 6.54 Å². The number of thiophene rings is 1. The summed E-state index contributed by atoms with van der Waals surface area (Å²) < 4.78 is 2.50. The van der Waals surface area contributed by atoms with Gasteiger partial charge in [0.25, 0.3) is 5.56 Å². The fourth-order valence-electron chi connectivity index (χ4n) is 3.02. The van der Waals surface area contributed by atoms with E-state index in [4.69, 9.17) is 0 Å². The Balaban J connectivity index is 1.98. The molecule has 0 spiro atoms. The number of aryl methyl sites for hydroxylation is 1. The highest BCUT2D eigenvalue weighted by Crippen LogP contribution is 2.26. The number of fused-ring (bicyclic) bond motifs is 1. The number of rotatable bonds is 4. The van der Waals surface area contributed by atoms with Crippen LogP contribution in [0.2, 0.25) is 0 Å². The number of nitrogens with zero attached hydrogens (tertiary/aromatic N) is 2. The average molecular weight is 455 g/mol. The Bertz CT molecular complexity index is 1240. The van der Waals surface area contributed by atoms with E-state index in [9.17, 15) is 14.7 Å². The van der Waals surface area contributed by atoms with E-state index >= 15 is 0 Å². The molecule has 0 fully saturated rings. The monoisotopic (exact) mass is 454 g/mol. The third kappa shape index (κ3) is 3.39. The van der Waals surface area contributed by atoms with Crippen LogP contribution < -0.4 is 5.56 Å². The van der Waals surface area contributed by atoms with Gasteiger partial charge in [-0.1, -0.05) is 57.9 Å². The molecule has 0 bridgehead atoms. The summed E-state index contributed by atoms with van der Waals surface area (Å²) in [5, 5.41) is 11.1. The summed E-state index contributed by atoms with van der Waals surface area (Å²) in [6.45, 7) is 2.29. The first kappa shape index (κ1) is 18.6. The standard InChI is InChI=1S/C21H15BrN2O3S/c1-12-2-6-14(7-3-12)18-23-19-17(16(11-28-19)21(26)27)20(25)24(18)10-13-4-8-15(22)9-5-13/h2-9,11H,10H2,1H3,(H,26,27). The molecule has 140 valence electrons. The first-order valence-electron chi connectivity index (χ1n) is 8.51. The lowest BCUT2D eigenvalue weighted by Gasteiger charge is -2.13. The van der Waals surface area contributed by atoms with Crippen LogP contribution in [0.15, 0.2) is 63.2 Å². The van der Waals surface area contributed by atoms with Gasteiger partial charge in [0.1, 0.15) is 10.7 Å². The number of carbonyl (C=O) groups is 1. The first-order valence-corrected chi connectivity index (χ1v) is 10.2. The Kier molecular flexibility index (Phi) is 4.87. The number of benzene rings is 2. The van der Waals surface area contributed by atoms with Gasteiger partial charge in [-0.3, -0.25) is 9.36 Å². The predicted octanol–water partition coefficient (Wildman–Crippen LogP) is 4.94. The second kappa shape index (κ2) is 7.33. The highest BCUT2D eigenvalue weighted by atomic mass is 79.9. The maximum absolute atomic E-state index is 13.3. The summed E-state index contributed by atoms with van der Waals surface area (Å²) in [6.07, 6.45) is 0. The Hall–Kier alpha value is -2.77. The molecular weight excluding hydrogens is 440 g/mol. The molecule has 5 nitrogen and oxygen atoms in total. The van der Waals surface area contributed by atoms with Gasteiger partial charge in [-0.2, -0.15) is 0 Å². The van der Waals surface area contributed by atoms with Crippen LogP contribution >= 0.6 is 27.3 Å². The fourth-order valence-corrected chi connectivity index (χ4v) is 4.19. The molecule has 2 aromatic heterocycles. The molecule has 0 radical (unpaired) electrons. The van der Waals surface area contributed by atoms with Crippen LogP contribution in [0.25, 0.3) is 21.6 Å². The smallest absolute Gasteiger partial charge is 0.337 e. The van der Waals surface area contributed by atoms with Gasteiger partial charge in [0, 0.05) is 15.4 Å². The lowest BCUT2D eigenvalue weighted by atomic mass is 10.1. The van der Waals surface area contributed by atoms with Crippen molar-refractivity contribution in [1.82, 2.24) is 9.55 Å². The largest absolute Gasteiger partial charge is 0.478 e. The zero-order chi connectivity index (χ0) is 19.8. The van der Waals surface area contributed by atoms with Crippen LogP contribution in [0.4, 0.5) is 0 Å². The minimum atomic E-state index is -1.12. The van der Waals surface area contributed by atoms with Gasteiger partial charge in [-0.25, -0.2) is 9.78 Å². The van der Waals surface area contributed by atoms with Crippen molar-refractivity contribution in [2.45, 2.75) is 13.5 Å². The number of halogens is 1. The van der Waals surface area contributed by atoms with Crippen molar-refractivity contribution in [3.63, 3.8) is 0 Å². The molecule has 28 heavy (non-hydrogen) atoms. The normalized spacial score (nSPS) is 11.1. The molecule has 2 heterocycles. The van der Waals surface area contributed by atoms with Crippen molar-refractivity contribution < 1.29 is 9.90 Å². The second-order valence-corrected chi connectivity index (χ2v) is 8.23. The molecule has 0 aliphatic rings. The third-order valence-corrected chi connectivity index (χ3v) is 5.89. The third-order valence-electron chi connectivity index (χ3n) is 4.49. The number of hydrogen-bond donors (Lipinski definition) is 1. The molecule has 1 N–H and O–H groups in total. The van der Waals surface area contributed by atoms with Crippen LogP contribution in [0.5, 0.6) is 0 Å². The molecule has 4 aromatic rings. The van der Waals surface area contributed by atoms with Gasteiger partial charge in [-0.05, 0) is 24.6 Å². The van der Waals surface area contributed by atoms with Crippen molar-refractivity contribution in [3.8, 4) is 11.4 Å². The molecule has 0 amide bonds. The van der Waals surface area contributed by atoms with Crippen LogP contribution in [-0.4, -0.2) is 20.6 Å². The fraction of sp³-hybridized carbons (Fsp3) is 0.0952. The number of hydrogen-bond acceptors (Lipinski definition) is 4. The van der Waals surface area contributed by atoms with Gasteiger partial charge < -0.3 is 5.11 Å². The van der Waals surface area contributed by atoms with Crippen LogP contribution in [0, 0.1) is 6.92 Å². The molecule has 0 saturated heterocycles. The van der Waals surface area contributed by atoms with E-state index in [1.807, 2.05) is 55.5 Å². The number of carboxylic acid groups (broad SMARTS) is 1. The van der Waals surface area contributed by atoms with Crippen molar-refractivity contribution >= 4 is 43.5 Å². The first-order chi connectivity index (χ1) is 13.4. The van der Waals surface area contributed by atoms with E-state index in [0.29, 0.717) is 17.2 Å². The molecule has 0 saturated carbocycles. The predicted molar refractivity (Wildman–Crippen MR) is 114 cm³/mol. The summed E-state index contributed by atoms with van der Waals surface area (Å²) in [4.78, 5) is 30.0. The lowest BCUT2D eigenvalue weighted by molar-refractivity contribution is 0.0699. The zero-order valence-electron chi connectivity index (χ0n) is 14.8. The van der Waals surface area contributed by atoms with E-state index in [1.54, 1.807) is 4.57 Å². The number of aromatic nitrogens is 2. The Labute approximate surface area is 173 Å². The SMILES string of the molecule is Cc1ccc(-c2nc3scc(C(=O)O)c3c(=O)n2Cc2ccc(Br)cc2)cc1. The summed E-state index contributed by atoms with van der Waals surface area (Å²) in [5.41, 5.74) is 2.49. The molecule has 7 heteroatoms.